The second-order valence-electron chi connectivity index (χ2n) is 4.74. The third-order valence-electron chi connectivity index (χ3n) is 3.39. The van der Waals surface area contributed by atoms with Crippen molar-refractivity contribution in [2.24, 2.45) is 11.7 Å². The molecule has 0 bridgehead atoms. The van der Waals surface area contributed by atoms with Crippen LogP contribution in [-0.2, 0) is 0 Å². The van der Waals surface area contributed by atoms with E-state index in [1.165, 1.54) is 25.7 Å². The highest BCUT2D eigenvalue weighted by Gasteiger charge is 2.23. The molecule has 1 unspecified atom stereocenters. The summed E-state index contributed by atoms with van der Waals surface area (Å²) in [6.07, 6.45) is 5.49. The van der Waals surface area contributed by atoms with E-state index in [4.69, 9.17) is 5.73 Å². The highest BCUT2D eigenvalue weighted by molar-refractivity contribution is 4.80. The fourth-order valence-corrected chi connectivity index (χ4v) is 2.08. The normalized spacial score (nSPS) is 21.7. The Balaban J connectivity index is 2.26. The van der Waals surface area contributed by atoms with Crippen LogP contribution in [0.5, 0.6) is 0 Å². The summed E-state index contributed by atoms with van der Waals surface area (Å²) in [5.41, 5.74) is 6.18. The van der Waals surface area contributed by atoms with E-state index < -0.39 is 0 Å². The van der Waals surface area contributed by atoms with Crippen molar-refractivity contribution < 1.29 is 0 Å². The summed E-state index contributed by atoms with van der Waals surface area (Å²) in [6.45, 7) is 5.51. The number of likely N-dealkylation sites (N-methyl/N-ethyl adjacent to an activating group) is 1. The molecule has 2 N–H and O–H groups in total. The third kappa shape index (κ3) is 3.28. The molecule has 13 heavy (non-hydrogen) atoms. The number of hydrogen-bond donors (Lipinski definition) is 1. The second kappa shape index (κ2) is 4.97. The minimum Gasteiger partial charge on any atom is -0.326 e. The van der Waals surface area contributed by atoms with E-state index >= 15 is 0 Å². The Morgan fingerprint density at radius 1 is 1.31 bits per heavy atom. The van der Waals surface area contributed by atoms with Gasteiger partial charge in [-0.2, -0.15) is 0 Å². The van der Waals surface area contributed by atoms with Crippen molar-refractivity contribution in [3.63, 3.8) is 0 Å². The quantitative estimate of drug-likeness (QED) is 0.722. The second-order valence-corrected chi connectivity index (χ2v) is 4.74. The first-order valence-corrected chi connectivity index (χ1v) is 5.57. The summed E-state index contributed by atoms with van der Waals surface area (Å²) in [5.74, 6) is 0.793. The maximum Gasteiger partial charge on any atom is 0.0196 e. The molecule has 0 saturated heterocycles. The first-order chi connectivity index (χ1) is 6.11. The zero-order valence-electron chi connectivity index (χ0n) is 9.29. The summed E-state index contributed by atoms with van der Waals surface area (Å²) in [7, 11) is 2.17. The molecule has 0 amide bonds. The van der Waals surface area contributed by atoms with Gasteiger partial charge in [-0.1, -0.05) is 12.8 Å². The average molecular weight is 184 g/mol. The zero-order valence-corrected chi connectivity index (χ0v) is 9.29. The van der Waals surface area contributed by atoms with E-state index in [1.807, 2.05) is 0 Å². The van der Waals surface area contributed by atoms with Crippen LogP contribution in [0.2, 0.25) is 0 Å². The van der Waals surface area contributed by atoms with E-state index in [2.05, 4.69) is 25.8 Å². The molecule has 0 aromatic rings. The average Bonchev–Trinajstić information content (AvgIpc) is 2.55. The smallest absolute Gasteiger partial charge is 0.0196 e. The summed E-state index contributed by atoms with van der Waals surface area (Å²) in [6, 6.07) is 1.02. The van der Waals surface area contributed by atoms with E-state index in [1.54, 1.807) is 0 Å². The van der Waals surface area contributed by atoms with Gasteiger partial charge in [0.25, 0.3) is 0 Å². The molecule has 2 heteroatoms. The molecule has 0 radical (unpaired) electrons. The standard InChI is InChI=1S/C11H24N2/c1-9(2)13(3)8-11(12)10-6-4-5-7-10/h9-11H,4-8,12H2,1-3H3. The molecular formula is C11H24N2. The molecule has 1 aliphatic carbocycles. The lowest BCUT2D eigenvalue weighted by atomic mass is 9.98. The Kier molecular flexibility index (Phi) is 4.20. The first-order valence-electron chi connectivity index (χ1n) is 5.57. The molecule has 0 heterocycles. The maximum atomic E-state index is 6.18. The first kappa shape index (κ1) is 11.0. The molecule has 0 aromatic heterocycles. The largest absolute Gasteiger partial charge is 0.326 e. The Morgan fingerprint density at radius 2 is 1.85 bits per heavy atom. The van der Waals surface area contributed by atoms with Gasteiger partial charge in [0, 0.05) is 18.6 Å². The molecule has 78 valence electrons. The van der Waals surface area contributed by atoms with Crippen molar-refractivity contribution in [1.29, 1.82) is 0 Å². The number of nitrogens with two attached hydrogens (primary N) is 1. The van der Waals surface area contributed by atoms with Crippen LogP contribution in [0.15, 0.2) is 0 Å². The SMILES string of the molecule is CC(C)N(C)CC(N)C1CCCC1. The van der Waals surface area contributed by atoms with E-state index in [9.17, 15) is 0 Å². The van der Waals surface area contributed by atoms with Gasteiger partial charge in [-0.05, 0) is 39.7 Å². The van der Waals surface area contributed by atoms with Crippen LogP contribution < -0.4 is 5.73 Å². The Hall–Kier alpha value is -0.0800. The fraction of sp³-hybridized carbons (Fsp3) is 1.00. The maximum absolute atomic E-state index is 6.18. The van der Waals surface area contributed by atoms with Gasteiger partial charge in [-0.15, -0.1) is 0 Å². The lowest BCUT2D eigenvalue weighted by Crippen LogP contribution is -2.42. The summed E-state index contributed by atoms with van der Waals surface area (Å²) in [5, 5.41) is 0. The number of rotatable bonds is 4. The molecule has 1 rings (SSSR count). The summed E-state index contributed by atoms with van der Waals surface area (Å²) in [4.78, 5) is 2.35. The van der Waals surface area contributed by atoms with Gasteiger partial charge in [0.15, 0.2) is 0 Å². The van der Waals surface area contributed by atoms with Crippen LogP contribution >= 0.6 is 0 Å². The van der Waals surface area contributed by atoms with Crippen LogP contribution in [0.1, 0.15) is 39.5 Å². The lowest BCUT2D eigenvalue weighted by molar-refractivity contribution is 0.229. The minimum atomic E-state index is 0.398. The van der Waals surface area contributed by atoms with Crippen molar-refractivity contribution in [1.82, 2.24) is 4.90 Å². The number of nitrogens with zero attached hydrogens (tertiary/aromatic N) is 1. The summed E-state index contributed by atoms with van der Waals surface area (Å²) >= 11 is 0. The van der Waals surface area contributed by atoms with Crippen LogP contribution in [0.4, 0.5) is 0 Å². The topological polar surface area (TPSA) is 29.3 Å². The van der Waals surface area contributed by atoms with Crippen molar-refractivity contribution >= 4 is 0 Å². The molecule has 1 fully saturated rings. The molecule has 0 spiro atoms. The molecule has 1 saturated carbocycles. The van der Waals surface area contributed by atoms with E-state index in [-0.39, 0.29) is 0 Å². The van der Waals surface area contributed by atoms with Gasteiger partial charge in [0.05, 0.1) is 0 Å². The van der Waals surface area contributed by atoms with Gasteiger partial charge in [-0.25, -0.2) is 0 Å². The molecule has 1 atom stereocenters. The number of hydrogen-bond acceptors (Lipinski definition) is 2. The molecule has 1 aliphatic rings. The van der Waals surface area contributed by atoms with Gasteiger partial charge >= 0.3 is 0 Å². The Labute approximate surface area is 82.5 Å². The Bertz CT molecular complexity index is 139. The lowest BCUT2D eigenvalue weighted by Gasteiger charge is -2.27. The molecule has 2 nitrogen and oxygen atoms in total. The van der Waals surface area contributed by atoms with Gasteiger partial charge in [0.1, 0.15) is 0 Å². The van der Waals surface area contributed by atoms with Crippen LogP contribution in [0, 0.1) is 5.92 Å². The van der Waals surface area contributed by atoms with Gasteiger partial charge in [-0.3, -0.25) is 0 Å². The van der Waals surface area contributed by atoms with Crippen LogP contribution in [0.3, 0.4) is 0 Å². The molecular weight excluding hydrogens is 160 g/mol. The van der Waals surface area contributed by atoms with Gasteiger partial charge in [0.2, 0.25) is 0 Å². The molecule has 0 aliphatic heterocycles. The monoisotopic (exact) mass is 184 g/mol. The third-order valence-corrected chi connectivity index (χ3v) is 3.39. The van der Waals surface area contributed by atoms with Crippen LogP contribution in [0.25, 0.3) is 0 Å². The van der Waals surface area contributed by atoms with E-state index in [0.717, 1.165) is 12.5 Å². The van der Waals surface area contributed by atoms with E-state index in [0.29, 0.717) is 12.1 Å². The molecule has 0 aromatic carbocycles. The van der Waals surface area contributed by atoms with Crippen molar-refractivity contribution in [3.8, 4) is 0 Å². The Morgan fingerprint density at radius 3 is 2.31 bits per heavy atom. The zero-order chi connectivity index (χ0) is 9.84. The van der Waals surface area contributed by atoms with Crippen molar-refractivity contribution in [2.75, 3.05) is 13.6 Å². The predicted molar refractivity (Wildman–Crippen MR) is 57.7 cm³/mol. The van der Waals surface area contributed by atoms with Gasteiger partial charge < -0.3 is 10.6 Å². The van der Waals surface area contributed by atoms with Crippen molar-refractivity contribution in [3.05, 3.63) is 0 Å². The fourth-order valence-electron chi connectivity index (χ4n) is 2.08. The summed E-state index contributed by atoms with van der Waals surface area (Å²) < 4.78 is 0. The predicted octanol–water partition coefficient (Wildman–Crippen LogP) is 1.84. The van der Waals surface area contributed by atoms with Crippen molar-refractivity contribution in [2.45, 2.75) is 51.6 Å². The minimum absolute atomic E-state index is 0.398. The van der Waals surface area contributed by atoms with Crippen LogP contribution in [-0.4, -0.2) is 30.6 Å². The highest BCUT2D eigenvalue weighted by Crippen LogP contribution is 2.27. The highest BCUT2D eigenvalue weighted by atomic mass is 15.1.